The molecule has 4 atom stereocenters. The molecule has 0 amide bonds. The highest BCUT2D eigenvalue weighted by Crippen LogP contribution is 2.46. The van der Waals surface area contributed by atoms with Crippen molar-refractivity contribution in [2.75, 3.05) is 6.61 Å². The van der Waals surface area contributed by atoms with Gasteiger partial charge in [-0.05, 0) is 30.5 Å². The van der Waals surface area contributed by atoms with E-state index in [0.717, 1.165) is 16.7 Å². The smallest absolute Gasteiger partial charge is 0.278 e. The number of benzene rings is 3. The minimum atomic E-state index is -0.910. The van der Waals surface area contributed by atoms with Crippen LogP contribution in [0.3, 0.4) is 0 Å². The molecule has 5 aromatic rings. The van der Waals surface area contributed by atoms with E-state index >= 15 is 0 Å². The first-order valence-electron chi connectivity index (χ1n) is 13.7. The van der Waals surface area contributed by atoms with Crippen molar-refractivity contribution in [1.82, 2.24) is 19.5 Å². The summed E-state index contributed by atoms with van der Waals surface area (Å²) >= 11 is 0. The van der Waals surface area contributed by atoms with Crippen LogP contribution in [0, 0.1) is 0 Å². The standard InChI is InChI=1S/C32H30N4O5/c1-31(2)40-26-24(39-30(27(26)41-31)36-20-35-25-28(36)33-19-34-29(25)37)18-38-32(21-12-6-3-7-13-21,22-14-8-4-9-15-22)23-16-10-5-11-17-23/h3-17,19-20,24,26-27,30H,18H2,1-2H3,(H,33,34,37)/t24-,26+,27+,30+/m0/s1. The Kier molecular flexibility index (Phi) is 6.32. The Balaban J connectivity index is 1.29. The maximum Gasteiger partial charge on any atom is 0.278 e. The Morgan fingerprint density at radius 3 is 2.00 bits per heavy atom. The first-order valence-corrected chi connectivity index (χ1v) is 13.7. The molecule has 0 saturated carbocycles. The SMILES string of the molecule is CC1(C)O[C@@H]2[C@H](O1)[C@H](COC(c1ccccc1)(c1ccccc1)c1ccccc1)O[C@H]2n1cnc2c(=O)[nH]cnc21. The van der Waals surface area contributed by atoms with Crippen molar-refractivity contribution in [3.8, 4) is 0 Å². The van der Waals surface area contributed by atoms with Gasteiger partial charge in [-0.2, -0.15) is 0 Å². The first-order chi connectivity index (χ1) is 20.0. The minimum absolute atomic E-state index is 0.205. The van der Waals surface area contributed by atoms with E-state index in [9.17, 15) is 4.79 Å². The Bertz CT molecular complexity index is 1610. The highest BCUT2D eigenvalue weighted by molar-refractivity contribution is 5.68. The molecule has 41 heavy (non-hydrogen) atoms. The highest BCUT2D eigenvalue weighted by atomic mass is 16.8. The lowest BCUT2D eigenvalue weighted by molar-refractivity contribution is -0.204. The molecule has 9 nitrogen and oxygen atoms in total. The molecule has 2 aromatic heterocycles. The van der Waals surface area contributed by atoms with Crippen molar-refractivity contribution < 1.29 is 18.9 Å². The van der Waals surface area contributed by atoms with Crippen LogP contribution in [0.4, 0.5) is 0 Å². The molecular formula is C32H30N4O5. The minimum Gasteiger partial charge on any atom is -0.358 e. The Morgan fingerprint density at radius 1 is 0.854 bits per heavy atom. The lowest BCUT2D eigenvalue weighted by Gasteiger charge is -2.37. The quantitative estimate of drug-likeness (QED) is 0.297. The molecule has 0 unspecified atom stereocenters. The molecule has 7 rings (SSSR count). The van der Waals surface area contributed by atoms with Gasteiger partial charge in [-0.25, -0.2) is 9.97 Å². The lowest BCUT2D eigenvalue weighted by Crippen LogP contribution is -2.39. The third-order valence-electron chi connectivity index (χ3n) is 7.77. The second kappa shape index (κ2) is 10.0. The van der Waals surface area contributed by atoms with Crippen LogP contribution in [0.1, 0.15) is 36.8 Å². The molecule has 0 spiro atoms. The van der Waals surface area contributed by atoms with Gasteiger partial charge < -0.3 is 23.9 Å². The van der Waals surface area contributed by atoms with Crippen molar-refractivity contribution in [2.24, 2.45) is 0 Å². The fourth-order valence-electron chi connectivity index (χ4n) is 6.04. The molecule has 2 aliphatic rings. The predicted molar refractivity (Wildman–Crippen MR) is 151 cm³/mol. The van der Waals surface area contributed by atoms with Gasteiger partial charge in [0.25, 0.3) is 5.56 Å². The van der Waals surface area contributed by atoms with Gasteiger partial charge in [0, 0.05) is 0 Å². The van der Waals surface area contributed by atoms with Crippen molar-refractivity contribution in [3.63, 3.8) is 0 Å². The van der Waals surface area contributed by atoms with Crippen LogP contribution in [0.25, 0.3) is 11.2 Å². The second-order valence-electron chi connectivity index (χ2n) is 10.8. The van der Waals surface area contributed by atoms with E-state index in [4.69, 9.17) is 18.9 Å². The Labute approximate surface area is 236 Å². The largest absolute Gasteiger partial charge is 0.358 e. The number of ether oxygens (including phenoxy) is 4. The average Bonchev–Trinajstić information content (AvgIpc) is 3.67. The summed E-state index contributed by atoms with van der Waals surface area (Å²) in [7, 11) is 0. The van der Waals surface area contributed by atoms with E-state index < -0.39 is 35.9 Å². The van der Waals surface area contributed by atoms with E-state index in [1.807, 2.05) is 68.4 Å². The van der Waals surface area contributed by atoms with Gasteiger partial charge in [0.2, 0.25) is 0 Å². The molecule has 4 heterocycles. The van der Waals surface area contributed by atoms with Crippen LogP contribution in [0.15, 0.2) is 108 Å². The van der Waals surface area contributed by atoms with E-state index in [1.54, 1.807) is 10.9 Å². The number of H-pyrrole nitrogens is 1. The Hall–Kier alpha value is -4.15. The van der Waals surface area contributed by atoms with Gasteiger partial charge in [0.1, 0.15) is 23.9 Å². The van der Waals surface area contributed by atoms with Crippen LogP contribution in [-0.4, -0.2) is 50.2 Å². The summed E-state index contributed by atoms with van der Waals surface area (Å²) < 4.78 is 28.1. The third-order valence-corrected chi connectivity index (χ3v) is 7.77. The zero-order chi connectivity index (χ0) is 28.0. The molecular weight excluding hydrogens is 520 g/mol. The maximum atomic E-state index is 12.3. The van der Waals surface area contributed by atoms with Crippen molar-refractivity contribution >= 4 is 11.2 Å². The second-order valence-corrected chi connectivity index (χ2v) is 10.8. The molecule has 3 aromatic carbocycles. The summed E-state index contributed by atoms with van der Waals surface area (Å²) in [6, 6.07) is 30.6. The van der Waals surface area contributed by atoms with Crippen LogP contribution in [0.5, 0.6) is 0 Å². The maximum absolute atomic E-state index is 12.3. The zero-order valence-corrected chi connectivity index (χ0v) is 22.7. The summed E-state index contributed by atoms with van der Waals surface area (Å²) in [5.74, 6) is -0.827. The van der Waals surface area contributed by atoms with Gasteiger partial charge in [-0.3, -0.25) is 9.36 Å². The number of nitrogens with zero attached hydrogens (tertiary/aromatic N) is 3. The summed E-state index contributed by atoms with van der Waals surface area (Å²) in [5, 5.41) is 0. The molecule has 9 heteroatoms. The molecule has 0 radical (unpaired) electrons. The summed E-state index contributed by atoms with van der Waals surface area (Å²) in [6.45, 7) is 3.98. The number of hydrogen-bond acceptors (Lipinski definition) is 7. The lowest BCUT2D eigenvalue weighted by atomic mass is 9.80. The number of rotatable bonds is 7. The monoisotopic (exact) mass is 550 g/mol. The van der Waals surface area contributed by atoms with Gasteiger partial charge in [0.05, 0.1) is 19.3 Å². The molecule has 0 bridgehead atoms. The highest BCUT2D eigenvalue weighted by Gasteiger charge is 2.57. The zero-order valence-electron chi connectivity index (χ0n) is 22.7. The van der Waals surface area contributed by atoms with Crippen LogP contribution < -0.4 is 5.56 Å². The fourth-order valence-corrected chi connectivity index (χ4v) is 6.04. The van der Waals surface area contributed by atoms with Crippen molar-refractivity contribution in [1.29, 1.82) is 0 Å². The molecule has 0 aliphatic carbocycles. The van der Waals surface area contributed by atoms with E-state index in [2.05, 4.69) is 51.4 Å². The Morgan fingerprint density at radius 2 is 1.41 bits per heavy atom. The number of fused-ring (bicyclic) bond motifs is 2. The summed E-state index contributed by atoms with van der Waals surface area (Å²) in [6.07, 6.45) is 0.941. The van der Waals surface area contributed by atoms with Gasteiger partial charge in [-0.15, -0.1) is 0 Å². The van der Waals surface area contributed by atoms with Crippen molar-refractivity contribution in [2.45, 2.75) is 49.8 Å². The normalized spacial score (nSPS) is 23.6. The summed E-state index contributed by atoms with van der Waals surface area (Å²) in [5.41, 5.74) is 2.42. The fraction of sp³-hybridized carbons (Fsp3) is 0.281. The molecule has 2 saturated heterocycles. The first kappa shape index (κ1) is 25.8. The molecule has 2 fully saturated rings. The molecule has 1 N–H and O–H groups in total. The van der Waals surface area contributed by atoms with Gasteiger partial charge >= 0.3 is 0 Å². The number of nitrogens with one attached hydrogen (secondary N) is 1. The van der Waals surface area contributed by atoms with Crippen LogP contribution >= 0.6 is 0 Å². The predicted octanol–water partition coefficient (Wildman–Crippen LogP) is 4.55. The molecule has 2 aliphatic heterocycles. The number of imidazole rings is 1. The van der Waals surface area contributed by atoms with E-state index in [1.165, 1.54) is 6.33 Å². The van der Waals surface area contributed by atoms with Crippen LogP contribution in [0.2, 0.25) is 0 Å². The third kappa shape index (κ3) is 4.38. The topological polar surface area (TPSA) is 100 Å². The number of aromatic amines is 1. The van der Waals surface area contributed by atoms with Gasteiger partial charge in [0.15, 0.2) is 23.2 Å². The van der Waals surface area contributed by atoms with Gasteiger partial charge in [-0.1, -0.05) is 91.0 Å². The number of aromatic nitrogens is 4. The van der Waals surface area contributed by atoms with E-state index in [-0.39, 0.29) is 17.7 Å². The van der Waals surface area contributed by atoms with E-state index in [0.29, 0.717) is 5.65 Å². The van der Waals surface area contributed by atoms with Crippen molar-refractivity contribution in [3.05, 3.63) is 131 Å². The van der Waals surface area contributed by atoms with Crippen LogP contribution in [-0.2, 0) is 24.5 Å². The average molecular weight is 551 g/mol. The molecule has 208 valence electrons. The summed E-state index contributed by atoms with van der Waals surface area (Å²) in [4.78, 5) is 23.6. The number of hydrogen-bond donors (Lipinski definition) is 1.